The summed E-state index contributed by atoms with van der Waals surface area (Å²) in [7, 11) is 0. The van der Waals surface area contributed by atoms with E-state index in [1.807, 2.05) is 0 Å². The summed E-state index contributed by atoms with van der Waals surface area (Å²) in [6, 6.07) is 0. The van der Waals surface area contributed by atoms with Gasteiger partial charge in [-0.1, -0.05) is 31.3 Å². The van der Waals surface area contributed by atoms with Crippen LogP contribution >= 0.6 is 23.6 Å². The molecule has 0 spiro atoms. The van der Waals surface area contributed by atoms with Crippen LogP contribution in [0.25, 0.3) is 0 Å². The Labute approximate surface area is 112 Å². The van der Waals surface area contributed by atoms with Gasteiger partial charge in [0, 0.05) is 12.5 Å². The van der Waals surface area contributed by atoms with Gasteiger partial charge in [0.25, 0.3) is 0 Å². The zero-order valence-corrected chi connectivity index (χ0v) is 11.8. The summed E-state index contributed by atoms with van der Waals surface area (Å²) < 4.78 is 0. The van der Waals surface area contributed by atoms with E-state index in [1.165, 1.54) is 0 Å². The first-order valence-corrected chi connectivity index (χ1v) is 6.92. The molecule has 0 atom stereocenters. The van der Waals surface area contributed by atoms with Crippen LogP contribution < -0.4 is 10.6 Å². The van der Waals surface area contributed by atoms with Crippen LogP contribution in [0, 0.1) is 0 Å². The molecule has 0 aliphatic carbocycles. The highest BCUT2D eigenvalue weighted by atomic mass is 32.1. The molecule has 2 N–H and O–H groups in total. The lowest BCUT2D eigenvalue weighted by molar-refractivity contribution is 0.630. The van der Waals surface area contributed by atoms with Crippen LogP contribution in [-0.4, -0.2) is 21.9 Å². The third kappa shape index (κ3) is 4.40. The first kappa shape index (κ1) is 14.1. The average molecular weight is 270 g/mol. The van der Waals surface area contributed by atoms with E-state index in [1.54, 1.807) is 17.4 Å². The van der Waals surface area contributed by atoms with E-state index >= 15 is 0 Å². The van der Waals surface area contributed by atoms with Crippen molar-refractivity contribution in [2.45, 2.75) is 32.6 Å². The topological polar surface area (TPSA) is 49.8 Å². The highest BCUT2D eigenvalue weighted by Gasteiger charge is 2.13. The molecule has 1 heterocycles. The quantitative estimate of drug-likeness (QED) is 0.615. The summed E-state index contributed by atoms with van der Waals surface area (Å²) in [5, 5.41) is 16.7. The van der Waals surface area contributed by atoms with Crippen LogP contribution in [0.4, 0.5) is 5.13 Å². The monoisotopic (exact) mass is 270 g/mol. The van der Waals surface area contributed by atoms with Gasteiger partial charge >= 0.3 is 0 Å². The van der Waals surface area contributed by atoms with E-state index in [0.717, 1.165) is 23.0 Å². The molecule has 0 aliphatic heterocycles. The minimum atomic E-state index is 0.498. The second-order valence-electron chi connectivity index (χ2n) is 3.58. The normalized spacial score (nSPS) is 10.3. The van der Waals surface area contributed by atoms with E-state index in [4.69, 9.17) is 12.2 Å². The predicted molar refractivity (Wildman–Crippen MR) is 77.7 cm³/mol. The Balaban J connectivity index is 2.56. The van der Waals surface area contributed by atoms with Gasteiger partial charge in [-0.3, -0.25) is 0 Å². The Hall–Kier alpha value is -1.01. The molecule has 0 saturated heterocycles. The number of aromatic nitrogens is 2. The zero-order chi connectivity index (χ0) is 12.7. The summed E-state index contributed by atoms with van der Waals surface area (Å²) in [5.41, 5.74) is 0. The van der Waals surface area contributed by atoms with Crippen molar-refractivity contribution >= 4 is 33.8 Å². The summed E-state index contributed by atoms with van der Waals surface area (Å²) in [5.74, 6) is 0.498. The first-order chi connectivity index (χ1) is 8.21. The van der Waals surface area contributed by atoms with Crippen LogP contribution in [0.2, 0.25) is 0 Å². The van der Waals surface area contributed by atoms with Gasteiger partial charge in [-0.15, -0.1) is 16.8 Å². The fourth-order valence-corrected chi connectivity index (χ4v) is 2.65. The van der Waals surface area contributed by atoms with Gasteiger partial charge in [-0.2, -0.15) is 0 Å². The largest absolute Gasteiger partial charge is 0.359 e. The van der Waals surface area contributed by atoms with Crippen molar-refractivity contribution in [2.24, 2.45) is 0 Å². The van der Waals surface area contributed by atoms with Gasteiger partial charge in [0.15, 0.2) is 5.11 Å². The Morgan fingerprint density at radius 2 is 2.18 bits per heavy atom. The number of anilines is 1. The molecule has 1 rings (SSSR count). The average Bonchev–Trinajstić information content (AvgIpc) is 2.76. The van der Waals surface area contributed by atoms with Gasteiger partial charge in [0.05, 0.1) is 0 Å². The Bertz CT molecular complexity index is 371. The molecule has 1 aromatic heterocycles. The molecular formula is C11H18N4S2. The molecule has 17 heavy (non-hydrogen) atoms. The standard InChI is InChI=1S/C11H18N4S2/c1-4-7-12-10(16)13-11-15-14-9(17-11)8(5-2)6-3/h4,8H,1,5-7H2,2-3H3,(H2,12,13,15,16). The Kier molecular flexibility index (Phi) is 6.07. The molecule has 4 nitrogen and oxygen atoms in total. The molecule has 0 fully saturated rings. The zero-order valence-electron chi connectivity index (χ0n) is 10.2. The van der Waals surface area contributed by atoms with Crippen LogP contribution in [0.1, 0.15) is 37.6 Å². The van der Waals surface area contributed by atoms with Gasteiger partial charge < -0.3 is 10.6 Å². The molecule has 6 heteroatoms. The highest BCUT2D eigenvalue weighted by Crippen LogP contribution is 2.27. The number of thiocarbonyl (C=S) groups is 1. The van der Waals surface area contributed by atoms with Crippen LogP contribution in [0.5, 0.6) is 0 Å². The van der Waals surface area contributed by atoms with Crippen molar-refractivity contribution in [3.05, 3.63) is 17.7 Å². The van der Waals surface area contributed by atoms with Gasteiger partial charge in [-0.05, 0) is 25.1 Å². The maximum atomic E-state index is 5.10. The number of nitrogens with one attached hydrogen (secondary N) is 2. The third-order valence-electron chi connectivity index (χ3n) is 2.40. The van der Waals surface area contributed by atoms with Crippen LogP contribution in [-0.2, 0) is 0 Å². The number of hydrogen-bond acceptors (Lipinski definition) is 4. The SMILES string of the molecule is C=CCNC(=S)Nc1nnc(C(CC)CC)s1. The fraction of sp³-hybridized carbons (Fsp3) is 0.545. The second-order valence-corrected chi connectivity index (χ2v) is 5.00. The first-order valence-electron chi connectivity index (χ1n) is 5.70. The Morgan fingerprint density at radius 3 is 2.76 bits per heavy atom. The van der Waals surface area contributed by atoms with Crippen molar-refractivity contribution in [3.8, 4) is 0 Å². The van der Waals surface area contributed by atoms with E-state index in [-0.39, 0.29) is 0 Å². The summed E-state index contributed by atoms with van der Waals surface area (Å²) in [6.07, 6.45) is 3.93. The van der Waals surface area contributed by atoms with Crippen LogP contribution in [0.3, 0.4) is 0 Å². The lowest BCUT2D eigenvalue weighted by Gasteiger charge is -2.06. The number of rotatable bonds is 6. The minimum absolute atomic E-state index is 0.498. The smallest absolute Gasteiger partial charge is 0.211 e. The molecule has 0 saturated carbocycles. The van der Waals surface area contributed by atoms with Gasteiger partial charge in [0.2, 0.25) is 5.13 Å². The number of hydrogen-bond donors (Lipinski definition) is 2. The fourth-order valence-electron chi connectivity index (χ4n) is 1.39. The van der Waals surface area contributed by atoms with E-state index in [2.05, 4.69) is 41.3 Å². The molecule has 0 bridgehead atoms. The molecule has 0 aromatic carbocycles. The van der Waals surface area contributed by atoms with Crippen molar-refractivity contribution in [1.82, 2.24) is 15.5 Å². The van der Waals surface area contributed by atoms with Crippen molar-refractivity contribution < 1.29 is 0 Å². The molecule has 0 unspecified atom stereocenters. The summed E-state index contributed by atoms with van der Waals surface area (Å²) in [6.45, 7) is 8.59. The molecular weight excluding hydrogens is 252 g/mol. The van der Waals surface area contributed by atoms with E-state index in [0.29, 0.717) is 17.6 Å². The molecule has 0 aliphatic rings. The van der Waals surface area contributed by atoms with Gasteiger partial charge in [0.1, 0.15) is 5.01 Å². The predicted octanol–water partition coefficient (Wildman–Crippen LogP) is 2.91. The second kappa shape index (κ2) is 7.34. The van der Waals surface area contributed by atoms with Crippen molar-refractivity contribution in [3.63, 3.8) is 0 Å². The summed E-state index contributed by atoms with van der Waals surface area (Å²) in [4.78, 5) is 0. The lowest BCUT2D eigenvalue weighted by atomic mass is 10.1. The molecule has 1 aromatic rings. The van der Waals surface area contributed by atoms with Gasteiger partial charge in [-0.25, -0.2) is 0 Å². The molecule has 0 radical (unpaired) electrons. The van der Waals surface area contributed by atoms with Crippen LogP contribution in [0.15, 0.2) is 12.7 Å². The maximum absolute atomic E-state index is 5.10. The van der Waals surface area contributed by atoms with Crippen molar-refractivity contribution in [2.75, 3.05) is 11.9 Å². The van der Waals surface area contributed by atoms with Crippen molar-refractivity contribution in [1.29, 1.82) is 0 Å². The maximum Gasteiger partial charge on any atom is 0.211 e. The minimum Gasteiger partial charge on any atom is -0.359 e. The lowest BCUT2D eigenvalue weighted by Crippen LogP contribution is -2.28. The van der Waals surface area contributed by atoms with E-state index < -0.39 is 0 Å². The summed E-state index contributed by atoms with van der Waals surface area (Å²) >= 11 is 6.67. The molecule has 94 valence electrons. The Morgan fingerprint density at radius 1 is 1.47 bits per heavy atom. The third-order valence-corrected chi connectivity index (χ3v) is 3.65. The number of nitrogens with zero attached hydrogens (tertiary/aromatic N) is 2. The highest BCUT2D eigenvalue weighted by molar-refractivity contribution is 7.80. The molecule has 0 amide bonds. The van der Waals surface area contributed by atoms with E-state index in [9.17, 15) is 0 Å².